The summed E-state index contributed by atoms with van der Waals surface area (Å²) in [6.07, 6.45) is 6.03. The van der Waals surface area contributed by atoms with Crippen LogP contribution in [0.25, 0.3) is 0 Å². The topological polar surface area (TPSA) is 12.4 Å². The van der Waals surface area contributed by atoms with Crippen molar-refractivity contribution in [2.45, 2.75) is 13.3 Å². The third-order valence-corrected chi connectivity index (χ3v) is 2.20. The molecule has 0 fully saturated rings. The minimum absolute atomic E-state index is 0.322. The Morgan fingerprint density at radius 3 is 3.00 bits per heavy atom. The Bertz CT molecular complexity index is 228. The van der Waals surface area contributed by atoms with Gasteiger partial charge in [-0.2, -0.15) is 0 Å². The first-order valence-corrected chi connectivity index (χ1v) is 4.20. The van der Waals surface area contributed by atoms with Crippen molar-refractivity contribution in [2.75, 3.05) is 0 Å². The van der Waals surface area contributed by atoms with Crippen LogP contribution in [0.5, 0.6) is 0 Å². The molecule has 1 heterocycles. The second-order valence-electron chi connectivity index (χ2n) is 2.51. The predicted molar refractivity (Wildman–Crippen MR) is 50.1 cm³/mol. The first-order valence-electron chi connectivity index (χ1n) is 3.44. The normalized spacial score (nSPS) is 37.5. The van der Waals surface area contributed by atoms with Crippen LogP contribution in [0.3, 0.4) is 0 Å². The van der Waals surface area contributed by atoms with Crippen molar-refractivity contribution in [3.8, 4) is 0 Å². The van der Waals surface area contributed by atoms with Gasteiger partial charge in [0.25, 0.3) is 0 Å². The summed E-state index contributed by atoms with van der Waals surface area (Å²) >= 11 is 11.7. The van der Waals surface area contributed by atoms with Gasteiger partial charge in [0.1, 0.15) is 0 Å². The van der Waals surface area contributed by atoms with Gasteiger partial charge < -0.3 is 0 Å². The number of halogens is 2. The zero-order chi connectivity index (χ0) is 8.27. The predicted octanol–water partition coefficient (Wildman–Crippen LogP) is 3.30. The number of nitrogens with zero attached hydrogens (tertiary/aromatic N) is 1. The molecule has 0 spiro atoms. The zero-order valence-corrected chi connectivity index (χ0v) is 7.73. The summed E-state index contributed by atoms with van der Waals surface area (Å²) in [5.74, 6) is 0.322. The van der Waals surface area contributed by atoms with Crippen LogP contribution < -0.4 is 0 Å². The molecule has 0 aromatic heterocycles. The Kier molecular flexibility index (Phi) is 3.16. The van der Waals surface area contributed by atoms with Crippen LogP contribution in [0.2, 0.25) is 0 Å². The van der Waals surface area contributed by atoms with E-state index in [4.69, 9.17) is 23.2 Å². The van der Waals surface area contributed by atoms with Gasteiger partial charge in [-0.15, -0.1) is 0 Å². The lowest BCUT2D eigenvalue weighted by molar-refractivity contribution is 0.759. The van der Waals surface area contributed by atoms with Crippen LogP contribution in [-0.4, -0.2) is 6.21 Å². The van der Waals surface area contributed by atoms with E-state index in [2.05, 4.69) is 4.99 Å². The molecule has 11 heavy (non-hydrogen) atoms. The maximum absolute atomic E-state index is 5.91. The van der Waals surface area contributed by atoms with Crippen molar-refractivity contribution in [1.29, 1.82) is 0 Å². The summed E-state index contributed by atoms with van der Waals surface area (Å²) in [5, 5.41) is 1.37. The van der Waals surface area contributed by atoms with E-state index in [1.807, 2.05) is 13.1 Å². The van der Waals surface area contributed by atoms with E-state index in [9.17, 15) is 0 Å². The fraction of sp³-hybridized carbons (Fsp3) is 0.375. The third-order valence-electron chi connectivity index (χ3n) is 1.51. The van der Waals surface area contributed by atoms with Gasteiger partial charge in [0.2, 0.25) is 0 Å². The van der Waals surface area contributed by atoms with Gasteiger partial charge in [-0.1, -0.05) is 30.1 Å². The zero-order valence-electron chi connectivity index (χ0n) is 6.22. The number of hydrogen-bond donors (Lipinski definition) is 0. The molecule has 0 bridgehead atoms. The first kappa shape index (κ1) is 8.82. The average molecular weight is 190 g/mol. The van der Waals surface area contributed by atoms with Crippen molar-refractivity contribution in [3.63, 3.8) is 0 Å². The highest BCUT2D eigenvalue weighted by atomic mass is 35.5. The summed E-state index contributed by atoms with van der Waals surface area (Å²) in [4.78, 5) is 3.97. The fourth-order valence-corrected chi connectivity index (χ4v) is 1.20. The van der Waals surface area contributed by atoms with Gasteiger partial charge in [-0.3, -0.25) is 4.99 Å². The fourth-order valence-electron chi connectivity index (χ4n) is 0.767. The Hall–Kier alpha value is -0.270. The van der Waals surface area contributed by atoms with Gasteiger partial charge in [-0.25, -0.2) is 0 Å². The summed E-state index contributed by atoms with van der Waals surface area (Å²) in [5.41, 5.74) is 0. The van der Waals surface area contributed by atoms with Gasteiger partial charge >= 0.3 is 0 Å². The van der Waals surface area contributed by atoms with E-state index in [0.29, 0.717) is 11.0 Å². The Balaban J connectivity index is 2.86. The number of aliphatic imine (C=N–C) groups is 1. The molecule has 1 aliphatic heterocycles. The largest absolute Gasteiger partial charge is 0.268 e. The molecule has 0 saturated carbocycles. The molecule has 1 atom stereocenters. The van der Waals surface area contributed by atoms with Crippen molar-refractivity contribution in [2.24, 2.45) is 10.9 Å². The van der Waals surface area contributed by atoms with Crippen LogP contribution in [0, 0.1) is 5.92 Å². The summed E-state index contributed by atoms with van der Waals surface area (Å²) in [6, 6.07) is 0. The molecule has 0 saturated heterocycles. The first-order chi connectivity index (χ1) is 5.20. The summed E-state index contributed by atoms with van der Waals surface area (Å²) in [7, 11) is 0. The lowest BCUT2D eigenvalue weighted by atomic mass is 10.1. The molecule has 0 aromatic rings. The molecule has 60 valence electrons. The van der Waals surface area contributed by atoms with Crippen LogP contribution in [-0.2, 0) is 0 Å². The second-order valence-corrected chi connectivity index (χ2v) is 3.38. The molecule has 3 heteroatoms. The molecule has 1 nitrogen and oxygen atoms in total. The summed E-state index contributed by atoms with van der Waals surface area (Å²) < 4.78 is 0. The minimum atomic E-state index is 0.322. The van der Waals surface area contributed by atoms with Crippen molar-refractivity contribution in [3.05, 3.63) is 22.3 Å². The van der Waals surface area contributed by atoms with E-state index in [0.717, 1.165) is 11.5 Å². The maximum Gasteiger partial charge on any atom is 0.0600 e. The van der Waals surface area contributed by atoms with Crippen molar-refractivity contribution >= 4 is 29.4 Å². The van der Waals surface area contributed by atoms with Crippen molar-refractivity contribution < 1.29 is 0 Å². The highest BCUT2D eigenvalue weighted by molar-refractivity contribution is 6.34. The quantitative estimate of drug-likeness (QED) is 0.555. The maximum atomic E-state index is 5.91. The SMILES string of the molecule is CC1C/C=N/C=C(Cl)\C=C/1Cl. The second kappa shape index (κ2) is 3.93. The standard InChI is InChI=1S/C8H9Cl2N/c1-6-2-3-11-5-7(9)4-8(6)10/h3-6H,2H2,1H3/b7-5+,8-4+,11-3+. The third kappa shape index (κ3) is 2.68. The lowest BCUT2D eigenvalue weighted by Crippen LogP contribution is -1.96. The molecule has 1 aliphatic rings. The number of rotatable bonds is 0. The van der Waals surface area contributed by atoms with Crippen molar-refractivity contribution in [1.82, 2.24) is 0 Å². The van der Waals surface area contributed by atoms with E-state index in [1.165, 1.54) is 0 Å². The number of allylic oxidation sites excluding steroid dienone is 3. The van der Waals surface area contributed by atoms with Gasteiger partial charge in [0, 0.05) is 17.4 Å². The van der Waals surface area contributed by atoms with Crippen LogP contribution in [0.4, 0.5) is 0 Å². The average Bonchev–Trinajstić information content (AvgIpc) is 1.95. The van der Waals surface area contributed by atoms with Crippen LogP contribution in [0.1, 0.15) is 13.3 Å². The molecule has 0 amide bonds. The molecular weight excluding hydrogens is 181 g/mol. The smallest absolute Gasteiger partial charge is 0.0600 e. The van der Waals surface area contributed by atoms with Crippen LogP contribution in [0.15, 0.2) is 27.3 Å². The Morgan fingerprint density at radius 1 is 1.55 bits per heavy atom. The summed E-state index contributed by atoms with van der Waals surface area (Å²) in [6.45, 7) is 2.04. The van der Waals surface area contributed by atoms with Gasteiger partial charge in [-0.05, 0) is 18.4 Å². The lowest BCUT2D eigenvalue weighted by Gasteiger charge is -2.07. The highest BCUT2D eigenvalue weighted by Crippen LogP contribution is 2.22. The molecule has 0 N–H and O–H groups in total. The van der Waals surface area contributed by atoms with E-state index in [1.54, 1.807) is 12.3 Å². The molecule has 1 rings (SSSR count). The molecule has 0 aliphatic carbocycles. The van der Waals surface area contributed by atoms with E-state index in [-0.39, 0.29) is 0 Å². The molecule has 1 unspecified atom stereocenters. The van der Waals surface area contributed by atoms with Gasteiger partial charge in [0.15, 0.2) is 0 Å². The van der Waals surface area contributed by atoms with E-state index >= 15 is 0 Å². The highest BCUT2D eigenvalue weighted by Gasteiger charge is 2.06. The minimum Gasteiger partial charge on any atom is -0.268 e. The van der Waals surface area contributed by atoms with E-state index < -0.39 is 0 Å². The molecular formula is C8H9Cl2N. The van der Waals surface area contributed by atoms with Gasteiger partial charge in [0.05, 0.1) is 5.03 Å². The molecule has 0 aromatic carbocycles. The monoisotopic (exact) mass is 189 g/mol. The number of hydrogen-bond acceptors (Lipinski definition) is 1. The Labute approximate surface area is 76.4 Å². The Morgan fingerprint density at radius 2 is 2.27 bits per heavy atom. The van der Waals surface area contributed by atoms with Crippen LogP contribution >= 0.6 is 23.2 Å². The molecule has 0 radical (unpaired) electrons.